The van der Waals surface area contributed by atoms with Crippen molar-refractivity contribution in [3.05, 3.63) is 41.1 Å². The molecule has 1 aliphatic heterocycles. The predicted molar refractivity (Wildman–Crippen MR) is 67.6 cm³/mol. The fraction of sp³-hybridized carbons (Fsp3) is 0.357. The molecule has 1 N–H and O–H groups in total. The Labute approximate surface area is 101 Å². The summed E-state index contributed by atoms with van der Waals surface area (Å²) in [4.78, 5) is 13.2. The molecule has 1 aliphatic rings. The quantitative estimate of drug-likeness (QED) is 0.813. The summed E-state index contributed by atoms with van der Waals surface area (Å²) >= 11 is 0. The second kappa shape index (κ2) is 5.04. The van der Waals surface area contributed by atoms with E-state index < -0.39 is 5.97 Å². The number of hydrogen-bond acceptors (Lipinski definition) is 2. The van der Waals surface area contributed by atoms with Crippen LogP contribution in [0, 0.1) is 6.92 Å². The van der Waals surface area contributed by atoms with E-state index in [-0.39, 0.29) is 0 Å². The van der Waals surface area contributed by atoms with Crippen molar-refractivity contribution in [2.24, 2.45) is 0 Å². The maximum atomic E-state index is 11.3. The molecule has 1 saturated heterocycles. The van der Waals surface area contributed by atoms with Gasteiger partial charge < -0.3 is 10.0 Å². The SMILES string of the molecule is Cc1ccccc1C=C(C(=O)O)N1CCCC1. The van der Waals surface area contributed by atoms with Crippen molar-refractivity contribution < 1.29 is 9.90 Å². The summed E-state index contributed by atoms with van der Waals surface area (Å²) in [5, 5.41) is 9.28. The Morgan fingerprint density at radius 1 is 1.29 bits per heavy atom. The zero-order chi connectivity index (χ0) is 12.3. The number of nitrogens with zero attached hydrogens (tertiary/aromatic N) is 1. The summed E-state index contributed by atoms with van der Waals surface area (Å²) in [6.07, 6.45) is 3.94. The number of benzene rings is 1. The Balaban J connectivity index is 2.33. The number of likely N-dealkylation sites (tertiary alicyclic amines) is 1. The molecule has 0 unspecified atom stereocenters. The van der Waals surface area contributed by atoms with E-state index >= 15 is 0 Å². The summed E-state index contributed by atoms with van der Waals surface area (Å²) in [5.74, 6) is -0.838. The number of carbonyl (C=O) groups is 1. The lowest BCUT2D eigenvalue weighted by molar-refractivity contribution is -0.134. The van der Waals surface area contributed by atoms with Crippen molar-refractivity contribution in [2.75, 3.05) is 13.1 Å². The fourth-order valence-electron chi connectivity index (χ4n) is 2.14. The first kappa shape index (κ1) is 11.7. The lowest BCUT2D eigenvalue weighted by Crippen LogP contribution is -2.24. The van der Waals surface area contributed by atoms with Gasteiger partial charge in [0.2, 0.25) is 0 Å². The molecule has 3 nitrogen and oxygen atoms in total. The summed E-state index contributed by atoms with van der Waals surface area (Å²) in [7, 11) is 0. The Kier molecular flexibility index (Phi) is 3.47. The predicted octanol–water partition coefficient (Wildman–Crippen LogP) is 2.52. The van der Waals surface area contributed by atoms with Crippen LogP contribution in [0.25, 0.3) is 6.08 Å². The average Bonchev–Trinajstić information content (AvgIpc) is 2.81. The van der Waals surface area contributed by atoms with Crippen molar-refractivity contribution in [3.8, 4) is 0 Å². The van der Waals surface area contributed by atoms with E-state index in [4.69, 9.17) is 0 Å². The first-order valence-corrected chi connectivity index (χ1v) is 5.94. The molecule has 0 aliphatic carbocycles. The highest BCUT2D eigenvalue weighted by Gasteiger charge is 2.20. The number of aryl methyl sites for hydroxylation is 1. The minimum absolute atomic E-state index is 0.414. The first-order valence-electron chi connectivity index (χ1n) is 5.94. The topological polar surface area (TPSA) is 40.5 Å². The maximum Gasteiger partial charge on any atom is 0.352 e. The van der Waals surface area contributed by atoms with Gasteiger partial charge in [-0.25, -0.2) is 4.79 Å². The molecule has 1 aromatic rings. The standard InChI is InChI=1S/C14H17NO2/c1-11-6-2-3-7-12(11)10-13(14(16)17)15-8-4-5-9-15/h2-3,6-7,10H,4-5,8-9H2,1H3,(H,16,17). The van der Waals surface area contributed by atoms with Gasteiger partial charge in [-0.1, -0.05) is 24.3 Å². The van der Waals surface area contributed by atoms with Gasteiger partial charge in [0.15, 0.2) is 0 Å². The molecular weight excluding hydrogens is 214 g/mol. The van der Waals surface area contributed by atoms with Crippen LogP contribution in [-0.2, 0) is 4.79 Å². The molecule has 0 spiro atoms. The normalized spacial score (nSPS) is 16.3. The van der Waals surface area contributed by atoms with Crippen LogP contribution in [0.2, 0.25) is 0 Å². The van der Waals surface area contributed by atoms with Crippen molar-refractivity contribution >= 4 is 12.0 Å². The molecule has 2 rings (SSSR count). The zero-order valence-electron chi connectivity index (χ0n) is 10.0. The second-order valence-electron chi connectivity index (χ2n) is 4.39. The van der Waals surface area contributed by atoms with Gasteiger partial charge in [0.25, 0.3) is 0 Å². The Morgan fingerprint density at radius 2 is 1.94 bits per heavy atom. The summed E-state index contributed by atoms with van der Waals surface area (Å²) in [6.45, 7) is 3.70. The van der Waals surface area contributed by atoms with Gasteiger partial charge in [-0.3, -0.25) is 0 Å². The van der Waals surface area contributed by atoms with Crippen LogP contribution in [0.1, 0.15) is 24.0 Å². The Hall–Kier alpha value is -1.77. The van der Waals surface area contributed by atoms with Gasteiger partial charge >= 0.3 is 5.97 Å². The number of hydrogen-bond donors (Lipinski definition) is 1. The maximum absolute atomic E-state index is 11.3. The van der Waals surface area contributed by atoms with E-state index in [1.807, 2.05) is 36.1 Å². The van der Waals surface area contributed by atoms with E-state index in [2.05, 4.69) is 0 Å². The molecule has 0 saturated carbocycles. The van der Waals surface area contributed by atoms with Crippen molar-refractivity contribution in [3.63, 3.8) is 0 Å². The van der Waals surface area contributed by atoms with Crippen LogP contribution in [0.3, 0.4) is 0 Å². The van der Waals surface area contributed by atoms with E-state index in [0.29, 0.717) is 5.70 Å². The van der Waals surface area contributed by atoms with Gasteiger partial charge in [-0.05, 0) is 37.0 Å². The summed E-state index contributed by atoms with van der Waals surface area (Å²) in [6, 6.07) is 7.84. The molecular formula is C14H17NO2. The van der Waals surface area contributed by atoms with Crippen LogP contribution in [0.5, 0.6) is 0 Å². The molecule has 17 heavy (non-hydrogen) atoms. The number of carboxylic acids is 1. The molecule has 1 aromatic carbocycles. The third-order valence-electron chi connectivity index (χ3n) is 3.15. The van der Waals surface area contributed by atoms with Gasteiger partial charge in [0.1, 0.15) is 5.70 Å². The first-order chi connectivity index (χ1) is 8.18. The minimum atomic E-state index is -0.838. The highest BCUT2D eigenvalue weighted by atomic mass is 16.4. The third kappa shape index (κ3) is 2.67. The van der Waals surface area contributed by atoms with Crippen molar-refractivity contribution in [1.82, 2.24) is 4.90 Å². The number of rotatable bonds is 3. The van der Waals surface area contributed by atoms with Crippen LogP contribution < -0.4 is 0 Å². The number of carboxylic acid groups (broad SMARTS) is 1. The molecule has 0 radical (unpaired) electrons. The smallest absolute Gasteiger partial charge is 0.352 e. The van der Waals surface area contributed by atoms with Crippen molar-refractivity contribution in [2.45, 2.75) is 19.8 Å². The van der Waals surface area contributed by atoms with Crippen LogP contribution in [-0.4, -0.2) is 29.1 Å². The monoisotopic (exact) mass is 231 g/mol. The van der Waals surface area contributed by atoms with Crippen LogP contribution >= 0.6 is 0 Å². The molecule has 1 fully saturated rings. The van der Waals surface area contributed by atoms with Gasteiger partial charge in [0.05, 0.1) is 0 Å². The second-order valence-corrected chi connectivity index (χ2v) is 4.39. The third-order valence-corrected chi connectivity index (χ3v) is 3.15. The van der Waals surface area contributed by atoms with Crippen LogP contribution in [0.4, 0.5) is 0 Å². The molecule has 0 aromatic heterocycles. The lowest BCUT2D eigenvalue weighted by atomic mass is 10.1. The molecule has 0 amide bonds. The van der Waals surface area contributed by atoms with Gasteiger partial charge in [-0.2, -0.15) is 0 Å². The van der Waals surface area contributed by atoms with Crippen molar-refractivity contribution in [1.29, 1.82) is 0 Å². The number of aliphatic carboxylic acids is 1. The van der Waals surface area contributed by atoms with E-state index in [1.165, 1.54) is 0 Å². The van der Waals surface area contributed by atoms with Crippen LogP contribution in [0.15, 0.2) is 30.0 Å². The Morgan fingerprint density at radius 3 is 2.53 bits per heavy atom. The Bertz CT molecular complexity index is 445. The van der Waals surface area contributed by atoms with E-state index in [9.17, 15) is 9.90 Å². The molecule has 0 bridgehead atoms. The molecule has 1 heterocycles. The zero-order valence-corrected chi connectivity index (χ0v) is 10.0. The molecule has 90 valence electrons. The average molecular weight is 231 g/mol. The minimum Gasteiger partial charge on any atom is -0.477 e. The van der Waals surface area contributed by atoms with Gasteiger partial charge in [0, 0.05) is 13.1 Å². The van der Waals surface area contributed by atoms with Gasteiger partial charge in [-0.15, -0.1) is 0 Å². The summed E-state index contributed by atoms with van der Waals surface area (Å²) in [5.41, 5.74) is 2.50. The fourth-order valence-corrected chi connectivity index (χ4v) is 2.14. The largest absolute Gasteiger partial charge is 0.477 e. The molecule has 3 heteroatoms. The molecule has 0 atom stereocenters. The highest BCUT2D eigenvalue weighted by molar-refractivity contribution is 5.91. The summed E-state index contributed by atoms with van der Waals surface area (Å²) < 4.78 is 0. The lowest BCUT2D eigenvalue weighted by Gasteiger charge is -2.18. The highest BCUT2D eigenvalue weighted by Crippen LogP contribution is 2.19. The van der Waals surface area contributed by atoms with E-state index in [1.54, 1.807) is 6.08 Å². The van der Waals surface area contributed by atoms with E-state index in [0.717, 1.165) is 37.1 Å².